The van der Waals surface area contributed by atoms with Crippen molar-refractivity contribution in [1.29, 1.82) is 0 Å². The van der Waals surface area contributed by atoms with Crippen molar-refractivity contribution in [3.8, 4) is 0 Å². The maximum absolute atomic E-state index is 12.4. The molecule has 19 heavy (non-hydrogen) atoms. The highest BCUT2D eigenvalue weighted by Gasteiger charge is 2.31. The van der Waals surface area contributed by atoms with Crippen molar-refractivity contribution >= 4 is 17.5 Å². The molecule has 1 aromatic rings. The molecule has 1 aliphatic rings. The largest absolute Gasteiger partial charge is 0.354 e. The Morgan fingerprint density at radius 3 is 2.84 bits per heavy atom. The van der Waals surface area contributed by atoms with Gasteiger partial charge in [0.2, 0.25) is 5.91 Å². The Labute approximate surface area is 119 Å². The van der Waals surface area contributed by atoms with Gasteiger partial charge in [0.1, 0.15) is 0 Å². The molecule has 1 atom stereocenters. The highest BCUT2D eigenvalue weighted by Crippen LogP contribution is 2.29. The molecule has 1 aromatic carbocycles. The minimum absolute atomic E-state index is 0.0225. The van der Waals surface area contributed by atoms with Crippen molar-refractivity contribution < 1.29 is 4.79 Å². The third kappa shape index (κ3) is 3.28. The number of halogens is 1. The van der Waals surface area contributed by atoms with E-state index in [1.807, 2.05) is 38.1 Å². The lowest BCUT2D eigenvalue weighted by atomic mass is 9.83. The van der Waals surface area contributed by atoms with E-state index >= 15 is 0 Å². The molecule has 0 saturated carbocycles. The maximum atomic E-state index is 12.4. The van der Waals surface area contributed by atoms with Crippen LogP contribution in [0.15, 0.2) is 24.3 Å². The third-order valence-corrected chi connectivity index (χ3v) is 4.12. The summed E-state index contributed by atoms with van der Waals surface area (Å²) in [6, 6.07) is 7.93. The zero-order valence-electron chi connectivity index (χ0n) is 11.5. The first-order valence-electron chi connectivity index (χ1n) is 6.78. The van der Waals surface area contributed by atoms with Gasteiger partial charge in [-0.1, -0.05) is 29.8 Å². The van der Waals surface area contributed by atoms with Gasteiger partial charge in [-0.3, -0.25) is 4.79 Å². The van der Waals surface area contributed by atoms with E-state index in [0.29, 0.717) is 17.6 Å². The molecule has 2 rings (SSSR count). The molecule has 104 valence electrons. The fourth-order valence-corrected chi connectivity index (χ4v) is 2.83. The van der Waals surface area contributed by atoms with Crippen molar-refractivity contribution in [2.24, 2.45) is 0 Å². The average molecular weight is 281 g/mol. The molecule has 1 fully saturated rings. The number of hydrogen-bond acceptors (Lipinski definition) is 2. The van der Waals surface area contributed by atoms with Crippen molar-refractivity contribution in [3.05, 3.63) is 34.9 Å². The maximum Gasteiger partial charge on any atom is 0.230 e. The highest BCUT2D eigenvalue weighted by atomic mass is 35.5. The zero-order valence-corrected chi connectivity index (χ0v) is 12.3. The standard InChI is InChI=1S/C15H21ClN2O/c1-15(2,12-7-3-4-8-13(12)16)14(19)18-10-11-6-5-9-17-11/h3-4,7-8,11,17H,5-6,9-10H2,1-2H3,(H,18,19). The Morgan fingerprint density at radius 1 is 1.47 bits per heavy atom. The number of carbonyl (C=O) groups is 1. The molecule has 0 radical (unpaired) electrons. The van der Waals surface area contributed by atoms with Crippen LogP contribution in [0.3, 0.4) is 0 Å². The molecule has 0 bridgehead atoms. The molecule has 1 saturated heterocycles. The lowest BCUT2D eigenvalue weighted by Gasteiger charge is -2.26. The molecular formula is C15H21ClN2O. The first-order valence-corrected chi connectivity index (χ1v) is 7.16. The quantitative estimate of drug-likeness (QED) is 0.890. The van der Waals surface area contributed by atoms with Crippen LogP contribution in [0.5, 0.6) is 0 Å². The van der Waals surface area contributed by atoms with Gasteiger partial charge in [0.25, 0.3) is 0 Å². The molecule has 1 aliphatic heterocycles. The van der Waals surface area contributed by atoms with E-state index in [9.17, 15) is 4.79 Å². The van der Waals surface area contributed by atoms with Gasteiger partial charge in [-0.05, 0) is 44.9 Å². The van der Waals surface area contributed by atoms with Gasteiger partial charge >= 0.3 is 0 Å². The number of nitrogens with one attached hydrogen (secondary N) is 2. The summed E-state index contributed by atoms with van der Waals surface area (Å²) < 4.78 is 0. The van der Waals surface area contributed by atoms with Crippen molar-refractivity contribution in [3.63, 3.8) is 0 Å². The number of hydrogen-bond donors (Lipinski definition) is 2. The smallest absolute Gasteiger partial charge is 0.230 e. The fraction of sp³-hybridized carbons (Fsp3) is 0.533. The van der Waals surface area contributed by atoms with E-state index in [-0.39, 0.29) is 5.91 Å². The fourth-order valence-electron chi connectivity index (χ4n) is 2.46. The Hall–Kier alpha value is -1.06. The van der Waals surface area contributed by atoms with Gasteiger partial charge in [0.05, 0.1) is 5.41 Å². The molecule has 0 aromatic heterocycles. The van der Waals surface area contributed by atoms with Crippen LogP contribution in [0.2, 0.25) is 5.02 Å². The molecule has 0 aliphatic carbocycles. The summed E-state index contributed by atoms with van der Waals surface area (Å²) in [5.41, 5.74) is 0.255. The van der Waals surface area contributed by atoms with Crippen LogP contribution in [-0.2, 0) is 10.2 Å². The van der Waals surface area contributed by atoms with Gasteiger partial charge in [-0.2, -0.15) is 0 Å². The van der Waals surface area contributed by atoms with Crippen LogP contribution in [-0.4, -0.2) is 25.0 Å². The number of rotatable bonds is 4. The van der Waals surface area contributed by atoms with Gasteiger partial charge in [-0.25, -0.2) is 0 Å². The van der Waals surface area contributed by atoms with Crippen LogP contribution < -0.4 is 10.6 Å². The average Bonchev–Trinajstić information content (AvgIpc) is 2.89. The molecule has 3 nitrogen and oxygen atoms in total. The summed E-state index contributed by atoms with van der Waals surface area (Å²) in [5.74, 6) is 0.0225. The molecule has 0 spiro atoms. The number of amides is 1. The normalized spacial score (nSPS) is 19.4. The Kier molecular flexibility index (Phi) is 4.48. The van der Waals surface area contributed by atoms with Crippen LogP contribution in [0.1, 0.15) is 32.3 Å². The molecule has 1 heterocycles. The minimum Gasteiger partial charge on any atom is -0.354 e. The summed E-state index contributed by atoms with van der Waals surface area (Å²) in [4.78, 5) is 12.4. The predicted molar refractivity (Wildman–Crippen MR) is 78.5 cm³/mol. The zero-order chi connectivity index (χ0) is 13.9. The summed E-state index contributed by atoms with van der Waals surface area (Å²) in [6.07, 6.45) is 2.32. The van der Waals surface area contributed by atoms with E-state index in [1.54, 1.807) is 0 Å². The second-order valence-corrected chi connectivity index (χ2v) is 6.02. The lowest BCUT2D eigenvalue weighted by molar-refractivity contribution is -0.125. The first kappa shape index (κ1) is 14.4. The van der Waals surface area contributed by atoms with Crippen LogP contribution in [0.4, 0.5) is 0 Å². The monoisotopic (exact) mass is 280 g/mol. The van der Waals surface area contributed by atoms with E-state index in [2.05, 4.69) is 10.6 Å². The van der Waals surface area contributed by atoms with E-state index in [1.165, 1.54) is 6.42 Å². The van der Waals surface area contributed by atoms with Gasteiger partial charge in [0.15, 0.2) is 0 Å². The van der Waals surface area contributed by atoms with E-state index in [0.717, 1.165) is 18.5 Å². The summed E-state index contributed by atoms with van der Waals surface area (Å²) >= 11 is 6.19. The van der Waals surface area contributed by atoms with Gasteiger partial charge in [0, 0.05) is 17.6 Å². The topological polar surface area (TPSA) is 41.1 Å². The van der Waals surface area contributed by atoms with Gasteiger partial charge < -0.3 is 10.6 Å². The Balaban J connectivity index is 2.02. The second-order valence-electron chi connectivity index (χ2n) is 5.61. The van der Waals surface area contributed by atoms with Crippen LogP contribution in [0, 0.1) is 0 Å². The molecule has 1 amide bonds. The van der Waals surface area contributed by atoms with Crippen molar-refractivity contribution in [2.45, 2.75) is 38.1 Å². The van der Waals surface area contributed by atoms with Crippen LogP contribution in [0.25, 0.3) is 0 Å². The summed E-state index contributed by atoms with van der Waals surface area (Å²) in [6.45, 7) is 5.55. The number of carbonyl (C=O) groups excluding carboxylic acids is 1. The summed E-state index contributed by atoms with van der Waals surface area (Å²) in [5, 5.41) is 7.04. The van der Waals surface area contributed by atoms with Gasteiger partial charge in [-0.15, -0.1) is 0 Å². The molecule has 4 heteroatoms. The SMILES string of the molecule is CC(C)(C(=O)NCC1CCCN1)c1ccccc1Cl. The third-order valence-electron chi connectivity index (χ3n) is 3.79. The first-order chi connectivity index (χ1) is 9.01. The van der Waals surface area contributed by atoms with E-state index in [4.69, 9.17) is 11.6 Å². The van der Waals surface area contributed by atoms with Crippen LogP contribution >= 0.6 is 11.6 Å². The lowest BCUT2D eigenvalue weighted by Crippen LogP contribution is -2.45. The minimum atomic E-state index is -0.614. The number of benzene rings is 1. The molecule has 1 unspecified atom stereocenters. The molecular weight excluding hydrogens is 260 g/mol. The summed E-state index contributed by atoms with van der Waals surface area (Å²) in [7, 11) is 0. The van der Waals surface area contributed by atoms with E-state index < -0.39 is 5.41 Å². The Morgan fingerprint density at radius 2 is 2.21 bits per heavy atom. The predicted octanol–water partition coefficient (Wildman–Crippen LogP) is 2.49. The molecule has 2 N–H and O–H groups in total. The van der Waals surface area contributed by atoms with Crippen molar-refractivity contribution in [1.82, 2.24) is 10.6 Å². The second kappa shape index (κ2) is 5.93. The Bertz CT molecular complexity index is 453. The highest BCUT2D eigenvalue weighted by molar-refractivity contribution is 6.31. The van der Waals surface area contributed by atoms with Crippen molar-refractivity contribution in [2.75, 3.05) is 13.1 Å².